The molecular formula is C14H23N3O. The van der Waals surface area contributed by atoms with Gasteiger partial charge in [-0.25, -0.2) is 4.98 Å². The monoisotopic (exact) mass is 249 g/mol. The molecule has 1 aromatic rings. The number of likely N-dealkylation sites (N-methyl/N-ethyl adjacent to an activating group) is 1. The van der Waals surface area contributed by atoms with Crippen LogP contribution in [0.2, 0.25) is 0 Å². The van der Waals surface area contributed by atoms with Gasteiger partial charge in [0.25, 0.3) is 0 Å². The van der Waals surface area contributed by atoms with Crippen molar-refractivity contribution in [2.45, 2.75) is 31.8 Å². The normalized spacial score (nSPS) is 19.8. The molecule has 2 heterocycles. The molecule has 1 saturated heterocycles. The fourth-order valence-corrected chi connectivity index (χ4v) is 2.31. The van der Waals surface area contributed by atoms with Crippen molar-refractivity contribution in [2.24, 2.45) is 5.73 Å². The summed E-state index contributed by atoms with van der Waals surface area (Å²) < 4.78 is 5.75. The first-order valence-electron chi connectivity index (χ1n) is 6.77. The highest BCUT2D eigenvalue weighted by Gasteiger charge is 2.16. The molecule has 1 aliphatic rings. The SMILES string of the molecule is CN(CC1CCCCO1)c1ccc(CCN)cn1. The summed E-state index contributed by atoms with van der Waals surface area (Å²) in [5, 5.41) is 0. The van der Waals surface area contributed by atoms with E-state index in [0.29, 0.717) is 12.6 Å². The second kappa shape index (κ2) is 6.71. The lowest BCUT2D eigenvalue weighted by molar-refractivity contribution is 0.0215. The third-order valence-electron chi connectivity index (χ3n) is 3.38. The molecule has 1 aliphatic heterocycles. The van der Waals surface area contributed by atoms with Crippen LogP contribution in [-0.4, -0.2) is 37.8 Å². The van der Waals surface area contributed by atoms with E-state index in [1.165, 1.54) is 18.4 Å². The topological polar surface area (TPSA) is 51.4 Å². The zero-order valence-corrected chi connectivity index (χ0v) is 11.1. The average molecular weight is 249 g/mol. The van der Waals surface area contributed by atoms with Crippen molar-refractivity contribution in [1.29, 1.82) is 0 Å². The first-order chi connectivity index (χ1) is 8.79. The minimum Gasteiger partial charge on any atom is -0.376 e. The highest BCUT2D eigenvalue weighted by Crippen LogP contribution is 2.16. The number of ether oxygens (including phenoxy) is 1. The fourth-order valence-electron chi connectivity index (χ4n) is 2.31. The van der Waals surface area contributed by atoms with Crippen LogP contribution in [0.3, 0.4) is 0 Å². The predicted octanol–water partition coefficient (Wildman–Crippen LogP) is 1.59. The van der Waals surface area contributed by atoms with E-state index in [1.54, 1.807) is 0 Å². The van der Waals surface area contributed by atoms with Crippen LogP contribution in [0, 0.1) is 0 Å². The Labute approximate surface area is 109 Å². The van der Waals surface area contributed by atoms with Gasteiger partial charge >= 0.3 is 0 Å². The van der Waals surface area contributed by atoms with E-state index >= 15 is 0 Å². The van der Waals surface area contributed by atoms with Crippen LogP contribution < -0.4 is 10.6 Å². The maximum Gasteiger partial charge on any atom is 0.128 e. The Kier molecular flexibility index (Phi) is 4.96. The summed E-state index contributed by atoms with van der Waals surface area (Å²) in [7, 11) is 2.07. The fraction of sp³-hybridized carbons (Fsp3) is 0.643. The maximum atomic E-state index is 5.75. The molecule has 1 unspecified atom stereocenters. The van der Waals surface area contributed by atoms with Gasteiger partial charge in [-0.1, -0.05) is 6.07 Å². The first-order valence-corrected chi connectivity index (χ1v) is 6.77. The van der Waals surface area contributed by atoms with Gasteiger partial charge < -0.3 is 15.4 Å². The Morgan fingerprint density at radius 2 is 2.33 bits per heavy atom. The van der Waals surface area contributed by atoms with Crippen molar-refractivity contribution < 1.29 is 4.74 Å². The molecule has 0 aromatic carbocycles. The van der Waals surface area contributed by atoms with Crippen LogP contribution in [0.1, 0.15) is 24.8 Å². The Balaban J connectivity index is 1.89. The Morgan fingerprint density at radius 3 is 2.94 bits per heavy atom. The number of pyridine rings is 1. The Hall–Kier alpha value is -1.13. The molecule has 1 atom stereocenters. The molecule has 1 fully saturated rings. The molecule has 1 aromatic heterocycles. The predicted molar refractivity (Wildman–Crippen MR) is 73.9 cm³/mol. The first kappa shape index (κ1) is 13.3. The van der Waals surface area contributed by atoms with Crippen LogP contribution in [0.15, 0.2) is 18.3 Å². The van der Waals surface area contributed by atoms with Crippen LogP contribution in [0.4, 0.5) is 5.82 Å². The molecule has 4 nitrogen and oxygen atoms in total. The van der Waals surface area contributed by atoms with Gasteiger partial charge in [0.05, 0.1) is 6.10 Å². The van der Waals surface area contributed by atoms with Crippen LogP contribution >= 0.6 is 0 Å². The van der Waals surface area contributed by atoms with E-state index in [2.05, 4.69) is 29.1 Å². The highest BCUT2D eigenvalue weighted by atomic mass is 16.5. The molecule has 4 heteroatoms. The maximum absolute atomic E-state index is 5.75. The molecule has 0 bridgehead atoms. The summed E-state index contributed by atoms with van der Waals surface area (Å²) in [4.78, 5) is 6.65. The number of nitrogens with two attached hydrogens (primary N) is 1. The largest absolute Gasteiger partial charge is 0.376 e. The van der Waals surface area contributed by atoms with Crippen molar-refractivity contribution >= 4 is 5.82 Å². The van der Waals surface area contributed by atoms with Gasteiger partial charge in [-0.2, -0.15) is 0 Å². The van der Waals surface area contributed by atoms with Crippen LogP contribution in [0.5, 0.6) is 0 Å². The summed E-state index contributed by atoms with van der Waals surface area (Å²) in [5.74, 6) is 1.00. The van der Waals surface area contributed by atoms with Crippen molar-refractivity contribution in [3.05, 3.63) is 23.9 Å². The number of rotatable bonds is 5. The number of hydrogen-bond acceptors (Lipinski definition) is 4. The van der Waals surface area contributed by atoms with Gasteiger partial charge in [0.2, 0.25) is 0 Å². The summed E-state index contributed by atoms with van der Waals surface area (Å²) in [6.07, 6.45) is 6.81. The second-order valence-corrected chi connectivity index (χ2v) is 4.93. The lowest BCUT2D eigenvalue weighted by Gasteiger charge is -2.28. The van der Waals surface area contributed by atoms with E-state index in [1.807, 2.05) is 6.20 Å². The molecule has 0 aliphatic carbocycles. The third kappa shape index (κ3) is 3.68. The van der Waals surface area contributed by atoms with E-state index in [-0.39, 0.29) is 0 Å². The molecular weight excluding hydrogens is 226 g/mol. The molecule has 2 rings (SSSR count). The van der Waals surface area contributed by atoms with Gasteiger partial charge in [-0.3, -0.25) is 0 Å². The number of hydrogen-bond donors (Lipinski definition) is 1. The molecule has 0 saturated carbocycles. The minimum atomic E-state index is 0.356. The molecule has 18 heavy (non-hydrogen) atoms. The number of aromatic nitrogens is 1. The average Bonchev–Trinajstić information content (AvgIpc) is 2.41. The van der Waals surface area contributed by atoms with Crippen LogP contribution in [-0.2, 0) is 11.2 Å². The summed E-state index contributed by atoms with van der Waals surface area (Å²) >= 11 is 0. The zero-order valence-electron chi connectivity index (χ0n) is 11.1. The summed E-state index contributed by atoms with van der Waals surface area (Å²) in [5.41, 5.74) is 6.73. The lowest BCUT2D eigenvalue weighted by atomic mass is 10.1. The van der Waals surface area contributed by atoms with Crippen molar-refractivity contribution in [2.75, 3.05) is 31.6 Å². The van der Waals surface area contributed by atoms with Gasteiger partial charge in [-0.05, 0) is 43.9 Å². The second-order valence-electron chi connectivity index (χ2n) is 4.93. The van der Waals surface area contributed by atoms with Crippen molar-refractivity contribution in [3.8, 4) is 0 Å². The molecule has 100 valence electrons. The van der Waals surface area contributed by atoms with Gasteiger partial charge in [0.15, 0.2) is 0 Å². The van der Waals surface area contributed by atoms with E-state index < -0.39 is 0 Å². The highest BCUT2D eigenvalue weighted by molar-refractivity contribution is 5.38. The van der Waals surface area contributed by atoms with E-state index in [9.17, 15) is 0 Å². The number of anilines is 1. The van der Waals surface area contributed by atoms with E-state index in [0.717, 1.165) is 31.8 Å². The Bertz CT molecular complexity index is 347. The van der Waals surface area contributed by atoms with Gasteiger partial charge in [0.1, 0.15) is 5.82 Å². The third-order valence-corrected chi connectivity index (χ3v) is 3.38. The molecule has 2 N–H and O–H groups in total. The van der Waals surface area contributed by atoms with E-state index in [4.69, 9.17) is 10.5 Å². The quantitative estimate of drug-likeness (QED) is 0.861. The van der Waals surface area contributed by atoms with Gasteiger partial charge in [-0.15, -0.1) is 0 Å². The minimum absolute atomic E-state index is 0.356. The van der Waals surface area contributed by atoms with Crippen LogP contribution in [0.25, 0.3) is 0 Å². The smallest absolute Gasteiger partial charge is 0.128 e. The standard InChI is InChI=1S/C14H23N3O/c1-17(11-13-4-2-3-9-18-13)14-6-5-12(7-8-15)10-16-14/h5-6,10,13H,2-4,7-9,11,15H2,1H3. The van der Waals surface area contributed by atoms with Crippen molar-refractivity contribution in [1.82, 2.24) is 4.98 Å². The number of nitrogens with zero attached hydrogens (tertiary/aromatic N) is 2. The molecule has 0 radical (unpaired) electrons. The lowest BCUT2D eigenvalue weighted by Crippen LogP contribution is -2.33. The Morgan fingerprint density at radius 1 is 1.44 bits per heavy atom. The summed E-state index contributed by atoms with van der Waals surface area (Å²) in [6, 6.07) is 4.17. The summed E-state index contributed by atoms with van der Waals surface area (Å²) in [6.45, 7) is 2.50. The molecule has 0 spiro atoms. The van der Waals surface area contributed by atoms with Crippen molar-refractivity contribution in [3.63, 3.8) is 0 Å². The zero-order chi connectivity index (χ0) is 12.8. The molecule has 0 amide bonds. The van der Waals surface area contributed by atoms with Gasteiger partial charge in [0, 0.05) is 26.4 Å².